The van der Waals surface area contributed by atoms with Gasteiger partial charge in [0.25, 0.3) is 0 Å². The summed E-state index contributed by atoms with van der Waals surface area (Å²) in [5.41, 5.74) is 4.09. The molecule has 0 fully saturated rings. The van der Waals surface area contributed by atoms with Crippen molar-refractivity contribution in [3.8, 4) is 22.4 Å². The highest BCUT2D eigenvalue weighted by molar-refractivity contribution is 6.09. The van der Waals surface area contributed by atoms with Crippen LogP contribution >= 0.6 is 0 Å². The zero-order valence-electron chi connectivity index (χ0n) is 19.1. The third-order valence-electron chi connectivity index (χ3n) is 6.15. The molecule has 5 rings (SSSR count). The average Bonchev–Trinajstić information content (AvgIpc) is 2.87. The summed E-state index contributed by atoms with van der Waals surface area (Å²) in [6, 6.07) is 23.5. The van der Waals surface area contributed by atoms with Gasteiger partial charge in [0, 0.05) is 12.0 Å². The Labute approximate surface area is 197 Å². The fourth-order valence-corrected chi connectivity index (χ4v) is 4.55. The largest absolute Gasteiger partial charge is 0.465 e. The number of ether oxygens (including phenoxy) is 2. The van der Waals surface area contributed by atoms with Crippen LogP contribution in [0.25, 0.3) is 33.4 Å². The van der Waals surface area contributed by atoms with Gasteiger partial charge in [-0.3, -0.25) is 9.59 Å². The Morgan fingerprint density at radius 3 is 2.18 bits per heavy atom. The second-order valence-corrected chi connectivity index (χ2v) is 8.17. The fraction of sp³-hybridized carbons (Fsp3) is 0.214. The Morgan fingerprint density at radius 2 is 1.47 bits per heavy atom. The van der Waals surface area contributed by atoms with E-state index in [9.17, 15) is 9.59 Å². The first-order valence-electron chi connectivity index (χ1n) is 11.4. The molecule has 0 unspecified atom stereocenters. The summed E-state index contributed by atoms with van der Waals surface area (Å²) in [5, 5.41) is 0. The molecule has 0 aliphatic heterocycles. The zero-order valence-corrected chi connectivity index (χ0v) is 19.1. The van der Waals surface area contributed by atoms with Crippen molar-refractivity contribution in [3.63, 3.8) is 0 Å². The van der Waals surface area contributed by atoms with Gasteiger partial charge in [0.1, 0.15) is 0 Å². The van der Waals surface area contributed by atoms with Crippen LogP contribution < -0.4 is 0 Å². The highest BCUT2D eigenvalue weighted by Gasteiger charge is 2.56. The van der Waals surface area contributed by atoms with Crippen molar-refractivity contribution >= 4 is 23.0 Å². The fourth-order valence-electron chi connectivity index (χ4n) is 4.55. The van der Waals surface area contributed by atoms with E-state index in [1.807, 2.05) is 72.8 Å². The maximum Gasteiger partial charge on any atom is 0.330 e. The number of carbonyl (C=O) groups excluding carboxylic acids is 2. The highest BCUT2D eigenvalue weighted by atomic mass is 16.6. The maximum atomic E-state index is 13.4. The highest BCUT2D eigenvalue weighted by Crippen LogP contribution is 2.44. The third kappa shape index (κ3) is 3.43. The van der Waals surface area contributed by atoms with E-state index in [0.29, 0.717) is 16.7 Å². The minimum absolute atomic E-state index is 0.107. The number of hydrogen-bond acceptors (Lipinski definition) is 6. The molecule has 0 atom stereocenters. The number of benzene rings is 3. The lowest BCUT2D eigenvalue weighted by molar-refractivity contribution is -0.165. The van der Waals surface area contributed by atoms with Crippen molar-refractivity contribution < 1.29 is 19.1 Å². The predicted molar refractivity (Wildman–Crippen MR) is 129 cm³/mol. The number of hydrogen-bond donors (Lipinski definition) is 0. The summed E-state index contributed by atoms with van der Waals surface area (Å²) < 4.78 is 10.8. The lowest BCUT2D eigenvalue weighted by Crippen LogP contribution is -2.50. The minimum Gasteiger partial charge on any atom is -0.465 e. The van der Waals surface area contributed by atoms with Gasteiger partial charge in [-0.05, 0) is 42.7 Å². The molecule has 1 heterocycles. The molecule has 3 aromatic carbocycles. The quantitative estimate of drug-likeness (QED) is 0.317. The zero-order chi connectivity index (χ0) is 23.7. The lowest BCUT2D eigenvalue weighted by atomic mass is 9.71. The van der Waals surface area contributed by atoms with Crippen LogP contribution in [0.2, 0.25) is 0 Å². The van der Waals surface area contributed by atoms with Gasteiger partial charge >= 0.3 is 11.9 Å². The van der Waals surface area contributed by atoms with Crippen LogP contribution in [0, 0.1) is 0 Å². The van der Waals surface area contributed by atoms with Crippen molar-refractivity contribution in [1.29, 1.82) is 0 Å². The van der Waals surface area contributed by atoms with Crippen molar-refractivity contribution in [3.05, 3.63) is 84.1 Å². The van der Waals surface area contributed by atoms with E-state index in [2.05, 4.69) is 0 Å². The molecule has 0 radical (unpaired) electrons. The molecule has 0 amide bonds. The molecule has 0 saturated heterocycles. The summed E-state index contributed by atoms with van der Waals surface area (Å²) in [6.45, 7) is 3.70. The Morgan fingerprint density at radius 1 is 0.794 bits per heavy atom. The molecule has 6 nitrogen and oxygen atoms in total. The van der Waals surface area contributed by atoms with Gasteiger partial charge in [-0.2, -0.15) is 0 Å². The van der Waals surface area contributed by atoms with Crippen LogP contribution in [0.4, 0.5) is 0 Å². The minimum atomic E-state index is -1.71. The van der Waals surface area contributed by atoms with Crippen LogP contribution in [0.3, 0.4) is 0 Å². The average molecular weight is 453 g/mol. The molecule has 0 saturated carbocycles. The number of rotatable bonds is 5. The number of fused-ring (bicyclic) bond motifs is 4. The lowest BCUT2D eigenvalue weighted by Gasteiger charge is -2.34. The van der Waals surface area contributed by atoms with E-state index in [0.717, 1.165) is 22.3 Å². The molecule has 34 heavy (non-hydrogen) atoms. The van der Waals surface area contributed by atoms with Gasteiger partial charge in [0.2, 0.25) is 5.41 Å². The van der Waals surface area contributed by atoms with Gasteiger partial charge in [0.15, 0.2) is 0 Å². The van der Waals surface area contributed by atoms with Crippen LogP contribution in [0.5, 0.6) is 0 Å². The molecular weight excluding hydrogens is 428 g/mol. The first-order valence-corrected chi connectivity index (χ1v) is 11.4. The molecule has 1 aromatic heterocycles. The molecular formula is C28H24N2O4. The van der Waals surface area contributed by atoms with Crippen LogP contribution in [-0.4, -0.2) is 35.1 Å². The Balaban J connectivity index is 1.79. The smallest absolute Gasteiger partial charge is 0.330 e. The van der Waals surface area contributed by atoms with Crippen LogP contribution in [0.15, 0.2) is 72.8 Å². The summed E-state index contributed by atoms with van der Waals surface area (Å²) in [7, 11) is 0. The van der Waals surface area contributed by atoms with E-state index in [-0.39, 0.29) is 25.3 Å². The van der Waals surface area contributed by atoms with Crippen molar-refractivity contribution in [2.45, 2.75) is 25.7 Å². The van der Waals surface area contributed by atoms with Crippen LogP contribution in [0.1, 0.15) is 25.1 Å². The first-order chi connectivity index (χ1) is 16.6. The Hall–Kier alpha value is -4.06. The van der Waals surface area contributed by atoms with E-state index >= 15 is 0 Å². The number of nitrogens with zero attached hydrogens (tertiary/aromatic N) is 2. The molecule has 4 aromatic rings. The van der Waals surface area contributed by atoms with Gasteiger partial charge < -0.3 is 9.47 Å². The molecule has 0 bridgehead atoms. The summed E-state index contributed by atoms with van der Waals surface area (Å²) in [4.78, 5) is 36.6. The SMILES string of the molecule is CCOC(=O)C1(C(=O)OCC)Cc2ccccc2-c2nc3cc(-c4ccccc4)ccc3nc21. The Bertz CT molecular complexity index is 1380. The third-order valence-corrected chi connectivity index (χ3v) is 6.15. The number of aromatic nitrogens is 2. The van der Waals surface area contributed by atoms with Crippen molar-refractivity contribution in [2.24, 2.45) is 0 Å². The molecule has 0 spiro atoms. The van der Waals surface area contributed by atoms with E-state index < -0.39 is 17.4 Å². The Kier molecular flexibility index (Phi) is 5.57. The van der Waals surface area contributed by atoms with Gasteiger partial charge in [-0.15, -0.1) is 0 Å². The number of esters is 2. The first kappa shape index (κ1) is 21.8. The maximum absolute atomic E-state index is 13.4. The van der Waals surface area contributed by atoms with Crippen LogP contribution in [-0.2, 0) is 30.9 Å². The monoisotopic (exact) mass is 452 g/mol. The van der Waals surface area contributed by atoms with Gasteiger partial charge in [-0.1, -0.05) is 60.7 Å². The predicted octanol–water partition coefficient (Wildman–Crippen LogP) is 4.88. The second-order valence-electron chi connectivity index (χ2n) is 8.17. The van der Waals surface area contributed by atoms with E-state index in [1.165, 1.54) is 0 Å². The topological polar surface area (TPSA) is 78.4 Å². The summed E-state index contributed by atoms with van der Waals surface area (Å²) in [5.74, 6) is -1.34. The molecule has 170 valence electrons. The normalized spacial score (nSPS) is 13.6. The number of carbonyl (C=O) groups is 2. The van der Waals surface area contributed by atoms with Gasteiger partial charge in [0.05, 0.1) is 35.6 Å². The standard InChI is InChI=1S/C28H24N2O4/c1-3-33-26(31)28(27(32)34-4-2)17-20-12-8-9-13-21(20)24-25(28)30-22-15-14-19(16-23(22)29-24)18-10-6-5-7-11-18/h5-16H,3-4,17H2,1-2H3. The molecule has 0 N–H and O–H groups in total. The summed E-state index contributed by atoms with van der Waals surface area (Å²) in [6.07, 6.45) is 0.107. The molecule has 6 heteroatoms. The van der Waals surface area contributed by atoms with Gasteiger partial charge in [-0.25, -0.2) is 9.97 Å². The molecule has 1 aliphatic carbocycles. The van der Waals surface area contributed by atoms with Crippen molar-refractivity contribution in [2.75, 3.05) is 13.2 Å². The van der Waals surface area contributed by atoms with Crippen molar-refractivity contribution in [1.82, 2.24) is 9.97 Å². The second kappa shape index (κ2) is 8.71. The van der Waals surface area contributed by atoms with E-state index in [4.69, 9.17) is 19.4 Å². The summed E-state index contributed by atoms with van der Waals surface area (Å²) >= 11 is 0. The molecule has 1 aliphatic rings. The van der Waals surface area contributed by atoms with E-state index in [1.54, 1.807) is 13.8 Å².